The third kappa shape index (κ3) is 2.55. The van der Waals surface area contributed by atoms with Crippen LogP contribution >= 0.6 is 15.9 Å². The van der Waals surface area contributed by atoms with Crippen LogP contribution in [0.4, 0.5) is 0 Å². The fourth-order valence-corrected chi connectivity index (χ4v) is 1.71. The Morgan fingerprint density at radius 2 is 1.81 bits per heavy atom. The number of methoxy groups -OCH3 is 2. The predicted octanol–water partition coefficient (Wildman–Crippen LogP) is 2.98. The molecule has 0 saturated carbocycles. The zero-order chi connectivity index (χ0) is 12.3. The number of halogens is 1. The van der Waals surface area contributed by atoms with Gasteiger partial charge in [0.1, 0.15) is 11.5 Å². The molecule has 1 unspecified atom stereocenters. The second kappa shape index (κ2) is 5.34. The molecule has 0 saturated heterocycles. The molecule has 1 rings (SSSR count). The maximum atomic E-state index is 11.9. The topological polar surface area (TPSA) is 35.5 Å². The average Bonchev–Trinajstić information content (AvgIpc) is 2.27. The molecule has 88 valence electrons. The second-order valence-corrected chi connectivity index (χ2v) is 4.88. The first kappa shape index (κ1) is 13.0. The summed E-state index contributed by atoms with van der Waals surface area (Å²) >= 11 is 3.26. The van der Waals surface area contributed by atoms with Gasteiger partial charge in [-0.05, 0) is 25.5 Å². The molecular formula is C12H15BrO3. The van der Waals surface area contributed by atoms with Gasteiger partial charge in [0.25, 0.3) is 0 Å². The standard InChI is InChI=1S/C12H15BrO3/c1-7-5-9(12(14)8(2)13)11(16-4)6-10(7)15-3/h5-6,8H,1-4H3. The van der Waals surface area contributed by atoms with Gasteiger partial charge in [0.2, 0.25) is 0 Å². The third-order valence-corrected chi connectivity index (χ3v) is 2.76. The number of rotatable bonds is 4. The van der Waals surface area contributed by atoms with Crippen LogP contribution in [0.15, 0.2) is 12.1 Å². The number of Topliss-reactive ketones (excluding diaryl/α,β-unsaturated/α-hetero) is 1. The van der Waals surface area contributed by atoms with Crippen molar-refractivity contribution < 1.29 is 14.3 Å². The molecule has 0 fully saturated rings. The minimum atomic E-state index is -0.228. The lowest BCUT2D eigenvalue weighted by Gasteiger charge is -2.13. The van der Waals surface area contributed by atoms with Crippen LogP contribution in [0, 0.1) is 6.92 Å². The summed E-state index contributed by atoms with van der Waals surface area (Å²) in [5.41, 5.74) is 1.49. The Hall–Kier alpha value is -1.03. The summed E-state index contributed by atoms with van der Waals surface area (Å²) in [6, 6.07) is 3.52. The molecule has 0 aliphatic heterocycles. The van der Waals surface area contributed by atoms with Crippen molar-refractivity contribution in [2.45, 2.75) is 18.7 Å². The van der Waals surface area contributed by atoms with Crippen molar-refractivity contribution in [3.63, 3.8) is 0 Å². The molecule has 1 aromatic rings. The molecule has 0 heterocycles. The summed E-state index contributed by atoms with van der Waals surface area (Å²) in [4.78, 5) is 11.7. The van der Waals surface area contributed by atoms with Crippen LogP contribution in [0.2, 0.25) is 0 Å². The molecule has 3 nitrogen and oxygen atoms in total. The summed E-state index contributed by atoms with van der Waals surface area (Å²) in [5, 5.41) is 0. The molecule has 0 N–H and O–H groups in total. The van der Waals surface area contributed by atoms with Crippen LogP contribution in [-0.2, 0) is 0 Å². The van der Waals surface area contributed by atoms with E-state index in [0.29, 0.717) is 11.3 Å². The van der Waals surface area contributed by atoms with Gasteiger partial charge in [-0.1, -0.05) is 15.9 Å². The fourth-order valence-electron chi connectivity index (χ4n) is 1.47. The van der Waals surface area contributed by atoms with Crippen molar-refractivity contribution in [2.75, 3.05) is 14.2 Å². The van der Waals surface area contributed by atoms with Crippen molar-refractivity contribution in [1.82, 2.24) is 0 Å². The number of ether oxygens (including phenoxy) is 2. The van der Waals surface area contributed by atoms with E-state index in [9.17, 15) is 4.79 Å². The maximum Gasteiger partial charge on any atom is 0.179 e. The van der Waals surface area contributed by atoms with E-state index in [4.69, 9.17) is 9.47 Å². The van der Waals surface area contributed by atoms with E-state index in [1.807, 2.05) is 6.92 Å². The molecule has 0 radical (unpaired) electrons. The summed E-state index contributed by atoms with van der Waals surface area (Å²) in [5.74, 6) is 1.26. The van der Waals surface area contributed by atoms with E-state index in [0.717, 1.165) is 11.3 Å². The second-order valence-electron chi connectivity index (χ2n) is 3.50. The van der Waals surface area contributed by atoms with E-state index < -0.39 is 0 Å². The van der Waals surface area contributed by atoms with Gasteiger partial charge in [-0.2, -0.15) is 0 Å². The maximum absolute atomic E-state index is 11.9. The number of alkyl halides is 1. The summed E-state index contributed by atoms with van der Waals surface area (Å²) < 4.78 is 10.4. The smallest absolute Gasteiger partial charge is 0.179 e. The number of aryl methyl sites for hydroxylation is 1. The Balaban J connectivity index is 3.28. The van der Waals surface area contributed by atoms with Crippen LogP contribution in [0.25, 0.3) is 0 Å². The van der Waals surface area contributed by atoms with Gasteiger partial charge in [-0.3, -0.25) is 4.79 Å². The van der Waals surface area contributed by atoms with Crippen LogP contribution < -0.4 is 9.47 Å². The molecule has 0 aromatic heterocycles. The zero-order valence-electron chi connectivity index (χ0n) is 9.83. The molecule has 0 aliphatic rings. The molecular weight excluding hydrogens is 272 g/mol. The van der Waals surface area contributed by atoms with Crippen molar-refractivity contribution in [3.05, 3.63) is 23.3 Å². The minimum Gasteiger partial charge on any atom is -0.496 e. The first-order chi connectivity index (χ1) is 7.51. The van der Waals surface area contributed by atoms with Crippen molar-refractivity contribution >= 4 is 21.7 Å². The van der Waals surface area contributed by atoms with E-state index in [1.54, 1.807) is 33.3 Å². The Morgan fingerprint density at radius 3 is 2.25 bits per heavy atom. The molecule has 0 bridgehead atoms. The highest BCUT2D eigenvalue weighted by Gasteiger charge is 2.18. The summed E-state index contributed by atoms with van der Waals surface area (Å²) in [6.45, 7) is 3.69. The van der Waals surface area contributed by atoms with E-state index in [-0.39, 0.29) is 10.6 Å². The number of ketones is 1. The fraction of sp³-hybridized carbons (Fsp3) is 0.417. The van der Waals surface area contributed by atoms with Crippen molar-refractivity contribution in [1.29, 1.82) is 0 Å². The molecule has 1 atom stereocenters. The first-order valence-electron chi connectivity index (χ1n) is 4.92. The lowest BCUT2D eigenvalue weighted by Crippen LogP contribution is -2.12. The number of benzene rings is 1. The predicted molar refractivity (Wildman–Crippen MR) is 67.0 cm³/mol. The van der Waals surface area contributed by atoms with Crippen molar-refractivity contribution in [3.8, 4) is 11.5 Å². The molecule has 4 heteroatoms. The highest BCUT2D eigenvalue weighted by atomic mass is 79.9. The van der Waals surface area contributed by atoms with Crippen molar-refractivity contribution in [2.24, 2.45) is 0 Å². The molecule has 0 amide bonds. The molecule has 0 spiro atoms. The Labute approximate surface area is 104 Å². The highest BCUT2D eigenvalue weighted by molar-refractivity contribution is 9.10. The monoisotopic (exact) mass is 286 g/mol. The van der Waals surface area contributed by atoms with E-state index in [2.05, 4.69) is 15.9 Å². The van der Waals surface area contributed by atoms with E-state index >= 15 is 0 Å². The zero-order valence-corrected chi connectivity index (χ0v) is 11.4. The van der Waals surface area contributed by atoms with Crippen LogP contribution in [-0.4, -0.2) is 24.8 Å². The van der Waals surface area contributed by atoms with Gasteiger partial charge >= 0.3 is 0 Å². The number of hydrogen-bond acceptors (Lipinski definition) is 3. The number of carbonyl (C=O) groups is 1. The van der Waals surface area contributed by atoms with Crippen LogP contribution in [0.5, 0.6) is 11.5 Å². The Kier molecular flexibility index (Phi) is 4.35. The first-order valence-corrected chi connectivity index (χ1v) is 5.83. The van der Waals surface area contributed by atoms with Gasteiger partial charge in [-0.15, -0.1) is 0 Å². The molecule has 16 heavy (non-hydrogen) atoms. The van der Waals surface area contributed by atoms with Gasteiger partial charge in [0.05, 0.1) is 24.6 Å². The average molecular weight is 287 g/mol. The van der Waals surface area contributed by atoms with Gasteiger partial charge in [0.15, 0.2) is 5.78 Å². The van der Waals surface area contributed by atoms with Crippen LogP contribution in [0.1, 0.15) is 22.8 Å². The largest absolute Gasteiger partial charge is 0.496 e. The van der Waals surface area contributed by atoms with Gasteiger partial charge in [0, 0.05) is 6.07 Å². The Bertz CT molecular complexity index is 399. The number of hydrogen-bond donors (Lipinski definition) is 0. The summed E-state index contributed by atoms with van der Waals surface area (Å²) in [7, 11) is 3.14. The third-order valence-electron chi connectivity index (χ3n) is 2.34. The van der Waals surface area contributed by atoms with Crippen LogP contribution in [0.3, 0.4) is 0 Å². The van der Waals surface area contributed by atoms with Gasteiger partial charge in [-0.25, -0.2) is 0 Å². The highest BCUT2D eigenvalue weighted by Crippen LogP contribution is 2.30. The molecule has 1 aromatic carbocycles. The number of carbonyl (C=O) groups excluding carboxylic acids is 1. The van der Waals surface area contributed by atoms with E-state index in [1.165, 1.54) is 0 Å². The lowest BCUT2D eigenvalue weighted by molar-refractivity contribution is 0.0993. The summed E-state index contributed by atoms with van der Waals surface area (Å²) in [6.07, 6.45) is 0. The quantitative estimate of drug-likeness (QED) is 0.631. The molecule has 0 aliphatic carbocycles. The SMILES string of the molecule is COc1cc(OC)c(C(=O)C(C)Br)cc1C. The van der Waals surface area contributed by atoms with Gasteiger partial charge < -0.3 is 9.47 Å². The lowest BCUT2D eigenvalue weighted by atomic mass is 10.0. The minimum absolute atomic E-state index is 0.00241. The normalized spacial score (nSPS) is 12.1. The Morgan fingerprint density at radius 1 is 1.25 bits per heavy atom.